The lowest BCUT2D eigenvalue weighted by molar-refractivity contribution is -0.150. The molecule has 54 heavy (non-hydrogen) atoms. The maximum Gasteiger partial charge on any atom is 0.411 e. The molecule has 288 valence electrons. The number of nitrogens with zero attached hydrogens (tertiary/aromatic N) is 2. The second-order valence-corrected chi connectivity index (χ2v) is 15.8. The molecule has 0 aliphatic carbocycles. The molecule has 2 aliphatic rings. The molecule has 5 rings (SSSR count). The van der Waals surface area contributed by atoms with Crippen LogP contribution in [0.1, 0.15) is 101 Å². The summed E-state index contributed by atoms with van der Waals surface area (Å²) in [4.78, 5) is 80.0. The van der Waals surface area contributed by atoms with E-state index in [9.17, 15) is 28.8 Å². The first-order chi connectivity index (χ1) is 25.5. The lowest BCUT2D eigenvalue weighted by Gasteiger charge is -2.35. The van der Waals surface area contributed by atoms with Crippen molar-refractivity contribution in [3.05, 3.63) is 71.8 Å². The van der Waals surface area contributed by atoms with Crippen LogP contribution in [0.3, 0.4) is 0 Å². The summed E-state index contributed by atoms with van der Waals surface area (Å²) in [6.07, 6.45) is 2.77. The topological polar surface area (TPSA) is 146 Å². The molecule has 3 aromatic rings. The average molecular weight is 743 g/mol. The van der Waals surface area contributed by atoms with Gasteiger partial charge in [-0.2, -0.15) is 0 Å². The van der Waals surface area contributed by atoms with Crippen LogP contribution in [-0.2, 0) is 28.5 Å². The Kier molecular flexibility index (Phi) is 12.4. The van der Waals surface area contributed by atoms with Crippen molar-refractivity contribution < 1.29 is 47.7 Å². The lowest BCUT2D eigenvalue weighted by Crippen LogP contribution is -2.50. The van der Waals surface area contributed by atoms with Crippen molar-refractivity contribution in [3.8, 4) is 11.1 Å². The first-order valence-corrected chi connectivity index (χ1v) is 18.5. The summed E-state index contributed by atoms with van der Waals surface area (Å²) < 4.78 is 21.7. The van der Waals surface area contributed by atoms with E-state index in [2.05, 4.69) is 0 Å². The number of benzene rings is 3. The summed E-state index contributed by atoms with van der Waals surface area (Å²) in [5, 5.41) is 1.70. The molecule has 3 aromatic carbocycles. The highest BCUT2D eigenvalue weighted by molar-refractivity contribution is 6.02. The first kappa shape index (κ1) is 39.9. The van der Waals surface area contributed by atoms with Gasteiger partial charge in [0, 0.05) is 24.2 Å². The van der Waals surface area contributed by atoms with Crippen LogP contribution in [0.25, 0.3) is 21.9 Å². The SMILES string of the molecule is CC(C)(C)OC(=O)N1CCCC[C@H]1C(=O)OCC(=O)c1ccc(-c2ccc3cc(C(=O)COC(=O)[C@@H]4CCCCN4C(=O)OC(C)(C)C)ccc3c2)cc1. The molecule has 0 spiro atoms. The van der Waals surface area contributed by atoms with Crippen LogP contribution in [0.5, 0.6) is 0 Å². The molecule has 0 aromatic heterocycles. The monoisotopic (exact) mass is 742 g/mol. The van der Waals surface area contributed by atoms with Gasteiger partial charge in [-0.15, -0.1) is 0 Å². The van der Waals surface area contributed by atoms with Gasteiger partial charge in [-0.3, -0.25) is 19.4 Å². The van der Waals surface area contributed by atoms with Gasteiger partial charge in [0.25, 0.3) is 0 Å². The second kappa shape index (κ2) is 16.8. The Morgan fingerprint density at radius 3 is 1.48 bits per heavy atom. The van der Waals surface area contributed by atoms with E-state index in [0.717, 1.165) is 47.6 Å². The van der Waals surface area contributed by atoms with Crippen LogP contribution in [0, 0.1) is 0 Å². The number of carbonyl (C=O) groups excluding carboxylic acids is 6. The third-order valence-electron chi connectivity index (χ3n) is 9.20. The molecule has 0 saturated carbocycles. The Balaban J connectivity index is 1.15. The summed E-state index contributed by atoms with van der Waals surface area (Å²) in [5.41, 5.74) is 1.11. The Morgan fingerprint density at radius 2 is 0.981 bits per heavy atom. The molecule has 0 N–H and O–H groups in total. The molecule has 0 bridgehead atoms. The van der Waals surface area contributed by atoms with Gasteiger partial charge < -0.3 is 18.9 Å². The predicted molar refractivity (Wildman–Crippen MR) is 201 cm³/mol. The molecule has 0 radical (unpaired) electrons. The zero-order chi connectivity index (χ0) is 39.2. The Morgan fingerprint density at radius 1 is 0.556 bits per heavy atom. The lowest BCUT2D eigenvalue weighted by atomic mass is 9.98. The molecular formula is C42H50N2O10. The summed E-state index contributed by atoms with van der Waals surface area (Å²) in [7, 11) is 0. The maximum absolute atomic E-state index is 13.0. The molecule has 2 saturated heterocycles. The fraction of sp³-hybridized carbons (Fsp3) is 0.476. The van der Waals surface area contributed by atoms with Gasteiger partial charge in [-0.1, -0.05) is 48.5 Å². The molecule has 2 aliphatic heterocycles. The highest BCUT2D eigenvalue weighted by Gasteiger charge is 2.37. The number of Topliss-reactive ketones (excluding diaryl/α,β-unsaturated/α-hetero) is 2. The fourth-order valence-electron chi connectivity index (χ4n) is 6.51. The molecule has 2 heterocycles. The van der Waals surface area contributed by atoms with Crippen molar-refractivity contribution in [1.29, 1.82) is 0 Å². The molecular weight excluding hydrogens is 692 g/mol. The number of fused-ring (bicyclic) bond motifs is 1. The van der Waals surface area contributed by atoms with Gasteiger partial charge in [0.15, 0.2) is 24.8 Å². The van der Waals surface area contributed by atoms with Crippen LogP contribution in [0.4, 0.5) is 9.59 Å². The van der Waals surface area contributed by atoms with Crippen molar-refractivity contribution in [2.24, 2.45) is 0 Å². The summed E-state index contributed by atoms with van der Waals surface area (Å²) >= 11 is 0. The Hall–Kier alpha value is -5.26. The fourth-order valence-corrected chi connectivity index (χ4v) is 6.51. The quantitative estimate of drug-likeness (QED) is 0.122. The molecule has 2 fully saturated rings. The van der Waals surface area contributed by atoms with E-state index in [1.807, 2.05) is 36.4 Å². The number of esters is 2. The van der Waals surface area contributed by atoms with Gasteiger partial charge in [0.05, 0.1) is 0 Å². The minimum absolute atomic E-state index is 0.362. The number of amides is 2. The minimum Gasteiger partial charge on any atom is -0.456 e. The van der Waals surface area contributed by atoms with E-state index >= 15 is 0 Å². The molecule has 0 unspecified atom stereocenters. The van der Waals surface area contributed by atoms with E-state index in [-0.39, 0.29) is 11.6 Å². The first-order valence-electron chi connectivity index (χ1n) is 18.5. The van der Waals surface area contributed by atoms with Gasteiger partial charge >= 0.3 is 24.1 Å². The predicted octanol–water partition coefficient (Wildman–Crippen LogP) is 7.54. The number of ketones is 2. The van der Waals surface area contributed by atoms with Gasteiger partial charge in [0.2, 0.25) is 0 Å². The van der Waals surface area contributed by atoms with Crippen molar-refractivity contribution in [2.45, 2.75) is 103 Å². The average Bonchev–Trinajstić information content (AvgIpc) is 3.14. The van der Waals surface area contributed by atoms with Crippen molar-refractivity contribution in [1.82, 2.24) is 9.80 Å². The van der Waals surface area contributed by atoms with Gasteiger partial charge in [0.1, 0.15) is 23.3 Å². The molecule has 12 nitrogen and oxygen atoms in total. The van der Waals surface area contributed by atoms with Crippen molar-refractivity contribution in [2.75, 3.05) is 26.3 Å². The maximum atomic E-state index is 13.0. The largest absolute Gasteiger partial charge is 0.456 e. The number of piperidine rings is 2. The van der Waals surface area contributed by atoms with Crippen molar-refractivity contribution in [3.63, 3.8) is 0 Å². The smallest absolute Gasteiger partial charge is 0.411 e. The highest BCUT2D eigenvalue weighted by Crippen LogP contribution is 2.27. The molecule has 2 amide bonds. The standard InChI is InChI=1S/C42H50N2O10/c1-41(2,3)53-39(49)43-21-9-7-11-33(43)37(47)51-25-35(45)28-15-13-27(14-16-28)29-17-18-31-24-32(20-19-30(31)23-29)36(46)26-52-38(48)34-12-8-10-22-44(34)40(50)54-42(4,5)6/h13-20,23-24,33-34H,7-12,21-22,25-26H2,1-6H3/t33-,34-/m0/s1. The number of ether oxygens (including phenoxy) is 4. The third-order valence-corrected chi connectivity index (χ3v) is 9.20. The van der Waals surface area contributed by atoms with E-state index in [1.165, 1.54) is 9.80 Å². The normalized spacial score (nSPS) is 17.7. The van der Waals surface area contributed by atoms with E-state index in [1.54, 1.807) is 65.8 Å². The van der Waals surface area contributed by atoms with Crippen LogP contribution in [0.2, 0.25) is 0 Å². The number of carbonyl (C=O) groups is 6. The summed E-state index contributed by atoms with van der Waals surface area (Å²) in [6, 6.07) is 16.4. The summed E-state index contributed by atoms with van der Waals surface area (Å²) in [6.45, 7) is 10.5. The third kappa shape index (κ3) is 10.4. The van der Waals surface area contributed by atoms with Crippen LogP contribution in [0.15, 0.2) is 60.7 Å². The number of hydrogen-bond acceptors (Lipinski definition) is 10. The van der Waals surface area contributed by atoms with Crippen molar-refractivity contribution >= 4 is 46.5 Å². The minimum atomic E-state index is -0.800. The Bertz CT molecular complexity index is 1890. The summed E-state index contributed by atoms with van der Waals surface area (Å²) in [5.74, 6) is -1.98. The zero-order valence-electron chi connectivity index (χ0n) is 32.0. The second-order valence-electron chi connectivity index (χ2n) is 15.8. The van der Waals surface area contributed by atoms with Gasteiger partial charge in [-0.25, -0.2) is 19.2 Å². The zero-order valence-corrected chi connectivity index (χ0v) is 32.0. The molecule has 12 heteroatoms. The van der Waals surface area contributed by atoms with Crippen LogP contribution < -0.4 is 0 Å². The number of likely N-dealkylation sites (tertiary alicyclic amines) is 2. The number of hydrogen-bond donors (Lipinski definition) is 0. The Labute approximate surface area is 316 Å². The molecule has 2 atom stereocenters. The van der Waals surface area contributed by atoms with Crippen LogP contribution >= 0.6 is 0 Å². The van der Waals surface area contributed by atoms with E-state index in [0.29, 0.717) is 37.1 Å². The van der Waals surface area contributed by atoms with E-state index < -0.39 is 60.6 Å². The highest BCUT2D eigenvalue weighted by atomic mass is 16.6. The van der Waals surface area contributed by atoms with Crippen LogP contribution in [-0.4, -0.2) is 95.1 Å². The van der Waals surface area contributed by atoms with E-state index in [4.69, 9.17) is 18.9 Å². The number of rotatable bonds is 9. The van der Waals surface area contributed by atoms with Gasteiger partial charge in [-0.05, 0) is 114 Å².